The van der Waals surface area contributed by atoms with Crippen molar-refractivity contribution in [3.8, 4) is 28.3 Å². The quantitative estimate of drug-likeness (QED) is 0.582. The topological polar surface area (TPSA) is 81.4 Å². The van der Waals surface area contributed by atoms with Crippen molar-refractivity contribution in [2.45, 2.75) is 6.92 Å². The summed E-state index contributed by atoms with van der Waals surface area (Å²) in [5, 5.41) is 2.72. The van der Waals surface area contributed by atoms with Crippen LogP contribution in [0, 0.1) is 12.7 Å². The molecule has 1 N–H and O–H groups in total. The maximum atomic E-state index is 15.1. The van der Waals surface area contributed by atoms with Gasteiger partial charge in [0.2, 0.25) is 5.78 Å². The van der Waals surface area contributed by atoms with Gasteiger partial charge in [-0.05, 0) is 31.2 Å². The molecule has 0 atom stereocenters. The molecule has 1 amide bonds. The van der Waals surface area contributed by atoms with Crippen LogP contribution < -0.4 is 10.1 Å². The summed E-state index contributed by atoms with van der Waals surface area (Å²) in [6.45, 7) is 1.75. The first-order valence-electron chi connectivity index (χ1n) is 8.63. The summed E-state index contributed by atoms with van der Waals surface area (Å²) in [6, 6.07) is 8.30. The van der Waals surface area contributed by atoms with Gasteiger partial charge in [0.25, 0.3) is 5.91 Å². The Bertz CT molecular complexity index is 1250. The predicted molar refractivity (Wildman–Crippen MR) is 100 cm³/mol. The van der Waals surface area contributed by atoms with E-state index in [4.69, 9.17) is 4.74 Å². The van der Waals surface area contributed by atoms with E-state index in [1.54, 1.807) is 35.1 Å². The Morgan fingerprint density at radius 2 is 2.11 bits per heavy atom. The summed E-state index contributed by atoms with van der Waals surface area (Å²) in [5.74, 6) is -0.0177. The highest BCUT2D eigenvalue weighted by Gasteiger charge is 2.24. The molecule has 5 rings (SSSR count). The zero-order valence-electron chi connectivity index (χ0n) is 14.8. The van der Waals surface area contributed by atoms with Crippen LogP contribution in [-0.4, -0.2) is 31.9 Å². The molecule has 4 aromatic rings. The number of benzene rings is 1. The second kappa shape index (κ2) is 6.12. The number of amides is 1. The number of hydrogen-bond donors (Lipinski definition) is 1. The van der Waals surface area contributed by atoms with Crippen LogP contribution in [0.4, 0.5) is 10.1 Å². The molecular formula is C20H14FN5O2. The van der Waals surface area contributed by atoms with Crippen LogP contribution in [0.1, 0.15) is 5.69 Å². The van der Waals surface area contributed by atoms with Crippen molar-refractivity contribution >= 4 is 17.4 Å². The van der Waals surface area contributed by atoms with Gasteiger partial charge in [0.1, 0.15) is 11.6 Å². The largest absolute Gasteiger partial charge is 0.481 e. The van der Waals surface area contributed by atoms with Gasteiger partial charge in [0, 0.05) is 41.5 Å². The third kappa shape index (κ3) is 2.58. The number of hydrogen-bond acceptors (Lipinski definition) is 5. The molecule has 0 radical (unpaired) electrons. The molecule has 7 nitrogen and oxygen atoms in total. The highest BCUT2D eigenvalue weighted by Crippen LogP contribution is 2.39. The molecule has 0 saturated carbocycles. The highest BCUT2D eigenvalue weighted by atomic mass is 19.1. The molecular weight excluding hydrogens is 361 g/mol. The van der Waals surface area contributed by atoms with Gasteiger partial charge in [-0.15, -0.1) is 0 Å². The van der Waals surface area contributed by atoms with E-state index in [1.807, 2.05) is 19.1 Å². The minimum Gasteiger partial charge on any atom is -0.481 e. The lowest BCUT2D eigenvalue weighted by Gasteiger charge is -2.19. The molecule has 1 aromatic carbocycles. The normalized spacial score (nSPS) is 13.1. The van der Waals surface area contributed by atoms with Crippen molar-refractivity contribution in [1.82, 2.24) is 19.4 Å². The maximum absolute atomic E-state index is 15.1. The minimum atomic E-state index is -0.479. The van der Waals surface area contributed by atoms with Crippen LogP contribution in [0.2, 0.25) is 0 Å². The summed E-state index contributed by atoms with van der Waals surface area (Å²) in [4.78, 5) is 24.8. The highest BCUT2D eigenvalue weighted by molar-refractivity contribution is 5.96. The van der Waals surface area contributed by atoms with E-state index in [0.717, 1.165) is 11.3 Å². The number of rotatable bonds is 2. The summed E-state index contributed by atoms with van der Waals surface area (Å²) < 4.78 is 22.1. The minimum absolute atomic E-state index is 0.132. The van der Waals surface area contributed by atoms with Crippen molar-refractivity contribution in [2.75, 3.05) is 11.9 Å². The molecule has 0 aliphatic carbocycles. The van der Waals surface area contributed by atoms with E-state index in [9.17, 15) is 4.79 Å². The lowest BCUT2D eigenvalue weighted by molar-refractivity contribution is -0.118. The zero-order chi connectivity index (χ0) is 19.3. The predicted octanol–water partition coefficient (Wildman–Crippen LogP) is 3.24. The van der Waals surface area contributed by atoms with Gasteiger partial charge in [0.05, 0.1) is 17.1 Å². The SMILES string of the molecule is Cc1cc(-c2nc3ncccn3c2-c2cc3c(cc2F)OCC(=O)N3)ccn1. The van der Waals surface area contributed by atoms with Gasteiger partial charge in [-0.1, -0.05) is 0 Å². The summed E-state index contributed by atoms with van der Waals surface area (Å²) in [7, 11) is 0. The number of nitrogens with zero attached hydrogens (tertiary/aromatic N) is 4. The fourth-order valence-corrected chi connectivity index (χ4v) is 3.32. The molecule has 28 heavy (non-hydrogen) atoms. The Morgan fingerprint density at radius 1 is 1.21 bits per heavy atom. The number of halogens is 1. The standard InChI is InChI=1S/C20H14FN5O2/c1-11-7-12(3-5-22-11)18-19(26-6-2-4-23-20(26)25-18)13-8-15-16(9-14(13)21)28-10-17(27)24-15/h2-9H,10H2,1H3,(H,24,27). The number of aromatic nitrogens is 4. The summed E-state index contributed by atoms with van der Waals surface area (Å²) in [6.07, 6.45) is 5.09. The average Bonchev–Trinajstić information content (AvgIpc) is 3.07. The number of fused-ring (bicyclic) bond motifs is 2. The molecule has 0 fully saturated rings. The van der Waals surface area contributed by atoms with Crippen LogP contribution in [0.5, 0.6) is 5.75 Å². The van der Waals surface area contributed by atoms with Crippen molar-refractivity contribution in [3.05, 3.63) is 60.4 Å². The first-order chi connectivity index (χ1) is 13.6. The van der Waals surface area contributed by atoms with Crippen LogP contribution >= 0.6 is 0 Å². The number of nitrogens with one attached hydrogen (secondary N) is 1. The van der Waals surface area contributed by atoms with E-state index in [0.29, 0.717) is 28.6 Å². The average molecular weight is 375 g/mol. The molecule has 8 heteroatoms. The Morgan fingerprint density at radius 3 is 2.96 bits per heavy atom. The van der Waals surface area contributed by atoms with Crippen molar-refractivity contribution in [1.29, 1.82) is 0 Å². The summed E-state index contributed by atoms with van der Waals surface area (Å²) in [5.41, 5.74) is 3.43. The molecule has 1 aliphatic heterocycles. The number of pyridine rings is 1. The Labute approximate surface area is 158 Å². The fourth-order valence-electron chi connectivity index (χ4n) is 3.32. The van der Waals surface area contributed by atoms with E-state index in [-0.39, 0.29) is 18.1 Å². The van der Waals surface area contributed by atoms with E-state index >= 15 is 4.39 Å². The van der Waals surface area contributed by atoms with Gasteiger partial charge in [-0.25, -0.2) is 14.4 Å². The van der Waals surface area contributed by atoms with Crippen LogP contribution in [0.3, 0.4) is 0 Å². The van der Waals surface area contributed by atoms with Crippen molar-refractivity contribution < 1.29 is 13.9 Å². The number of carbonyl (C=O) groups is 1. The molecule has 0 unspecified atom stereocenters. The lowest BCUT2D eigenvalue weighted by atomic mass is 10.0. The third-order valence-corrected chi connectivity index (χ3v) is 4.53. The van der Waals surface area contributed by atoms with Gasteiger partial charge in [-0.2, -0.15) is 0 Å². The maximum Gasteiger partial charge on any atom is 0.262 e. The smallest absolute Gasteiger partial charge is 0.262 e. The van der Waals surface area contributed by atoms with Gasteiger partial charge in [-0.3, -0.25) is 14.2 Å². The van der Waals surface area contributed by atoms with Crippen LogP contribution in [-0.2, 0) is 4.79 Å². The molecule has 0 spiro atoms. The van der Waals surface area contributed by atoms with Gasteiger partial charge >= 0.3 is 0 Å². The first-order valence-corrected chi connectivity index (χ1v) is 8.63. The van der Waals surface area contributed by atoms with Gasteiger partial charge < -0.3 is 10.1 Å². The monoisotopic (exact) mass is 375 g/mol. The second-order valence-electron chi connectivity index (χ2n) is 6.45. The molecule has 0 saturated heterocycles. The van der Waals surface area contributed by atoms with E-state index in [2.05, 4.69) is 20.3 Å². The van der Waals surface area contributed by atoms with Crippen molar-refractivity contribution in [2.24, 2.45) is 0 Å². The Balaban J connectivity index is 1.80. The number of aryl methyl sites for hydroxylation is 1. The zero-order valence-corrected chi connectivity index (χ0v) is 14.8. The number of anilines is 1. The van der Waals surface area contributed by atoms with E-state index in [1.165, 1.54) is 6.07 Å². The Hall–Kier alpha value is -3.81. The number of ether oxygens (including phenoxy) is 1. The third-order valence-electron chi connectivity index (χ3n) is 4.53. The molecule has 138 valence electrons. The first kappa shape index (κ1) is 16.4. The fraction of sp³-hybridized carbons (Fsp3) is 0.100. The number of carbonyl (C=O) groups excluding carboxylic acids is 1. The number of imidazole rings is 1. The molecule has 3 aromatic heterocycles. The van der Waals surface area contributed by atoms with Crippen LogP contribution in [0.15, 0.2) is 48.9 Å². The molecule has 0 bridgehead atoms. The van der Waals surface area contributed by atoms with E-state index < -0.39 is 5.82 Å². The van der Waals surface area contributed by atoms with Crippen LogP contribution in [0.25, 0.3) is 28.3 Å². The summed E-state index contributed by atoms with van der Waals surface area (Å²) >= 11 is 0. The second-order valence-corrected chi connectivity index (χ2v) is 6.45. The molecule has 4 heterocycles. The Kier molecular flexibility index (Phi) is 3.58. The lowest BCUT2D eigenvalue weighted by Crippen LogP contribution is -2.25. The van der Waals surface area contributed by atoms with Crippen molar-refractivity contribution in [3.63, 3.8) is 0 Å². The van der Waals surface area contributed by atoms with Gasteiger partial charge in [0.15, 0.2) is 6.61 Å². The molecule has 1 aliphatic rings.